The van der Waals surface area contributed by atoms with Crippen LogP contribution in [0.4, 0.5) is 0 Å². The zero-order chi connectivity index (χ0) is 13.4. The average Bonchev–Trinajstić information content (AvgIpc) is 2.37. The van der Waals surface area contributed by atoms with E-state index in [9.17, 15) is 5.11 Å². The Morgan fingerprint density at radius 2 is 1.61 bits per heavy atom. The van der Waals surface area contributed by atoms with Crippen LogP contribution in [0.25, 0.3) is 0 Å². The number of aromatic hydroxyl groups is 1. The largest absolute Gasteiger partial charge is 0.508 e. The molecule has 102 valence electrons. The number of hydrogen-bond acceptors (Lipinski definition) is 3. The molecule has 0 fully saturated rings. The third kappa shape index (κ3) is 4.31. The summed E-state index contributed by atoms with van der Waals surface area (Å²) in [5, 5.41) is 9.76. The lowest BCUT2D eigenvalue weighted by molar-refractivity contribution is 0.107. The Hall–Kier alpha value is -1.06. The van der Waals surface area contributed by atoms with Crippen LogP contribution in [-0.4, -0.2) is 18.3 Å². The van der Waals surface area contributed by atoms with Crippen LogP contribution in [0.15, 0.2) is 12.1 Å². The maximum absolute atomic E-state index is 9.76. The van der Waals surface area contributed by atoms with Crippen molar-refractivity contribution < 1.29 is 14.6 Å². The zero-order valence-corrected chi connectivity index (χ0v) is 11.7. The summed E-state index contributed by atoms with van der Waals surface area (Å²) in [5.74, 6) is 0.323. The summed E-state index contributed by atoms with van der Waals surface area (Å²) in [6.45, 7) is 8.72. The van der Waals surface area contributed by atoms with Crippen molar-refractivity contribution in [1.82, 2.24) is 0 Å². The predicted octanol–water partition coefficient (Wildman–Crippen LogP) is 3.55. The Labute approximate surface area is 110 Å². The van der Waals surface area contributed by atoms with Crippen molar-refractivity contribution in [2.75, 3.05) is 13.2 Å². The van der Waals surface area contributed by atoms with Crippen LogP contribution in [0, 0.1) is 6.92 Å². The summed E-state index contributed by atoms with van der Waals surface area (Å²) >= 11 is 0. The third-order valence-corrected chi connectivity index (χ3v) is 2.87. The number of phenols is 1. The topological polar surface area (TPSA) is 38.7 Å². The van der Waals surface area contributed by atoms with Gasteiger partial charge in [-0.25, -0.2) is 0 Å². The molecule has 0 unspecified atom stereocenters. The van der Waals surface area contributed by atoms with Gasteiger partial charge in [0, 0.05) is 13.2 Å². The number of ether oxygens (including phenoxy) is 2. The van der Waals surface area contributed by atoms with Crippen molar-refractivity contribution in [3.05, 3.63) is 28.8 Å². The number of phenolic OH excluding ortho intramolecular Hbond substituents is 1. The Morgan fingerprint density at radius 1 is 1.00 bits per heavy atom. The molecule has 0 saturated carbocycles. The highest BCUT2D eigenvalue weighted by atomic mass is 16.5. The van der Waals surface area contributed by atoms with E-state index >= 15 is 0 Å². The SMILES string of the molecule is CCCOCc1ccc(O)c(C)c1COCCC. The summed E-state index contributed by atoms with van der Waals surface area (Å²) in [4.78, 5) is 0. The minimum Gasteiger partial charge on any atom is -0.508 e. The van der Waals surface area contributed by atoms with Crippen molar-refractivity contribution >= 4 is 0 Å². The molecule has 0 spiro atoms. The van der Waals surface area contributed by atoms with Crippen LogP contribution < -0.4 is 0 Å². The molecule has 0 amide bonds. The molecule has 0 atom stereocenters. The van der Waals surface area contributed by atoms with Gasteiger partial charge in [0.15, 0.2) is 0 Å². The highest BCUT2D eigenvalue weighted by molar-refractivity contribution is 5.43. The predicted molar refractivity (Wildman–Crippen MR) is 72.7 cm³/mol. The van der Waals surface area contributed by atoms with Crippen LogP contribution in [0.3, 0.4) is 0 Å². The van der Waals surface area contributed by atoms with Gasteiger partial charge in [0.05, 0.1) is 13.2 Å². The van der Waals surface area contributed by atoms with Crippen molar-refractivity contribution in [3.8, 4) is 5.75 Å². The van der Waals surface area contributed by atoms with E-state index < -0.39 is 0 Å². The van der Waals surface area contributed by atoms with E-state index in [1.807, 2.05) is 13.0 Å². The smallest absolute Gasteiger partial charge is 0.118 e. The maximum Gasteiger partial charge on any atom is 0.118 e. The van der Waals surface area contributed by atoms with Gasteiger partial charge in [0.1, 0.15) is 5.75 Å². The van der Waals surface area contributed by atoms with E-state index in [1.54, 1.807) is 6.07 Å². The summed E-state index contributed by atoms with van der Waals surface area (Å²) < 4.78 is 11.2. The van der Waals surface area contributed by atoms with Gasteiger partial charge in [-0.2, -0.15) is 0 Å². The quantitative estimate of drug-likeness (QED) is 0.719. The van der Waals surface area contributed by atoms with E-state index in [4.69, 9.17) is 9.47 Å². The molecule has 0 aliphatic carbocycles. The Balaban J connectivity index is 2.76. The molecule has 1 rings (SSSR count). The second-order valence-electron chi connectivity index (χ2n) is 4.45. The first-order chi connectivity index (χ1) is 8.70. The fourth-order valence-corrected chi connectivity index (χ4v) is 1.78. The van der Waals surface area contributed by atoms with Crippen LogP contribution in [0.2, 0.25) is 0 Å². The second kappa shape index (κ2) is 8.11. The molecule has 1 N–H and O–H groups in total. The highest BCUT2D eigenvalue weighted by Gasteiger charge is 2.09. The first kappa shape index (κ1) is 15.0. The monoisotopic (exact) mass is 252 g/mol. The van der Waals surface area contributed by atoms with Crippen LogP contribution in [-0.2, 0) is 22.7 Å². The van der Waals surface area contributed by atoms with E-state index in [1.165, 1.54) is 0 Å². The van der Waals surface area contributed by atoms with Gasteiger partial charge >= 0.3 is 0 Å². The van der Waals surface area contributed by atoms with Crippen molar-refractivity contribution in [2.45, 2.75) is 46.8 Å². The lowest BCUT2D eigenvalue weighted by Crippen LogP contribution is -2.04. The normalized spacial score (nSPS) is 10.8. The van der Waals surface area contributed by atoms with Crippen LogP contribution in [0.1, 0.15) is 43.4 Å². The maximum atomic E-state index is 9.76. The second-order valence-corrected chi connectivity index (χ2v) is 4.45. The molecule has 1 aromatic rings. The van der Waals surface area contributed by atoms with E-state index in [-0.39, 0.29) is 0 Å². The van der Waals surface area contributed by atoms with Crippen molar-refractivity contribution in [2.24, 2.45) is 0 Å². The van der Waals surface area contributed by atoms with Gasteiger partial charge in [-0.05, 0) is 42.5 Å². The standard InChI is InChI=1S/C15H24O3/c1-4-8-17-10-13-6-7-15(16)12(3)14(13)11-18-9-5-2/h6-7,16H,4-5,8-11H2,1-3H3. The Bertz CT molecular complexity index is 361. The molecule has 18 heavy (non-hydrogen) atoms. The fourth-order valence-electron chi connectivity index (χ4n) is 1.78. The molecular weight excluding hydrogens is 228 g/mol. The molecule has 0 aliphatic heterocycles. The van der Waals surface area contributed by atoms with Gasteiger partial charge in [-0.15, -0.1) is 0 Å². The lowest BCUT2D eigenvalue weighted by atomic mass is 10.0. The van der Waals surface area contributed by atoms with Crippen molar-refractivity contribution in [1.29, 1.82) is 0 Å². The first-order valence-corrected chi connectivity index (χ1v) is 6.66. The third-order valence-electron chi connectivity index (χ3n) is 2.87. The molecule has 0 aromatic heterocycles. The van der Waals surface area contributed by atoms with Gasteiger partial charge in [-0.1, -0.05) is 19.9 Å². The van der Waals surface area contributed by atoms with Crippen molar-refractivity contribution in [3.63, 3.8) is 0 Å². The molecule has 0 radical (unpaired) electrons. The highest BCUT2D eigenvalue weighted by Crippen LogP contribution is 2.25. The summed E-state index contributed by atoms with van der Waals surface area (Å²) in [5.41, 5.74) is 3.05. The summed E-state index contributed by atoms with van der Waals surface area (Å²) in [7, 11) is 0. The average molecular weight is 252 g/mol. The summed E-state index contributed by atoms with van der Waals surface area (Å²) in [6, 6.07) is 3.64. The van der Waals surface area contributed by atoms with Gasteiger partial charge in [0.2, 0.25) is 0 Å². The van der Waals surface area contributed by atoms with Crippen LogP contribution >= 0.6 is 0 Å². The minimum absolute atomic E-state index is 0.323. The van der Waals surface area contributed by atoms with E-state index in [0.717, 1.165) is 42.7 Å². The molecule has 0 aliphatic rings. The summed E-state index contributed by atoms with van der Waals surface area (Å²) in [6.07, 6.45) is 2.01. The zero-order valence-electron chi connectivity index (χ0n) is 11.7. The van der Waals surface area contributed by atoms with Gasteiger partial charge in [0.25, 0.3) is 0 Å². The van der Waals surface area contributed by atoms with Crippen LogP contribution in [0.5, 0.6) is 5.75 Å². The molecule has 1 aromatic carbocycles. The molecule has 0 bridgehead atoms. The van der Waals surface area contributed by atoms with Gasteiger partial charge < -0.3 is 14.6 Å². The molecule has 0 heterocycles. The van der Waals surface area contributed by atoms with E-state index in [2.05, 4.69) is 13.8 Å². The number of hydrogen-bond donors (Lipinski definition) is 1. The molecule has 0 saturated heterocycles. The molecule has 3 nitrogen and oxygen atoms in total. The molecule has 3 heteroatoms. The Kier molecular flexibility index (Phi) is 6.76. The van der Waals surface area contributed by atoms with E-state index in [0.29, 0.717) is 19.0 Å². The first-order valence-electron chi connectivity index (χ1n) is 6.66. The van der Waals surface area contributed by atoms with Gasteiger partial charge in [-0.3, -0.25) is 0 Å². The number of rotatable bonds is 8. The Morgan fingerprint density at radius 3 is 2.22 bits per heavy atom. The fraction of sp³-hybridized carbons (Fsp3) is 0.600. The number of benzene rings is 1. The molecular formula is C15H24O3. The minimum atomic E-state index is 0.323. The lowest BCUT2D eigenvalue weighted by Gasteiger charge is -2.14.